The van der Waals surface area contributed by atoms with Gasteiger partial charge >= 0.3 is 23.9 Å². The summed E-state index contributed by atoms with van der Waals surface area (Å²) in [7, 11) is 0. The van der Waals surface area contributed by atoms with Crippen LogP contribution in [0.5, 0.6) is 0 Å². The Hall–Kier alpha value is -2.12. The van der Waals surface area contributed by atoms with Crippen LogP contribution < -0.4 is 0 Å². The first-order valence-corrected chi connectivity index (χ1v) is 13.9. The van der Waals surface area contributed by atoms with Crippen LogP contribution in [0.25, 0.3) is 0 Å². The SMILES string of the molecule is CCCCC(CC)CC(CCCC(=O)O)(CC(CC)CCCC)C(=O)O.O=C(O)CCCCC(=O)O. The third kappa shape index (κ3) is 19.1. The minimum Gasteiger partial charge on any atom is -0.481 e. The highest BCUT2D eigenvalue weighted by Crippen LogP contribution is 2.43. The highest BCUT2D eigenvalue weighted by atomic mass is 16.4. The Bertz CT molecular complexity index is 583. The van der Waals surface area contributed by atoms with Gasteiger partial charge in [-0.2, -0.15) is 0 Å². The molecule has 2 atom stereocenters. The maximum absolute atomic E-state index is 12.4. The van der Waals surface area contributed by atoms with E-state index in [-0.39, 0.29) is 19.3 Å². The van der Waals surface area contributed by atoms with Gasteiger partial charge in [-0.15, -0.1) is 0 Å². The quantitative estimate of drug-likeness (QED) is 0.110. The van der Waals surface area contributed by atoms with E-state index in [2.05, 4.69) is 27.7 Å². The van der Waals surface area contributed by atoms with Crippen molar-refractivity contribution in [3.63, 3.8) is 0 Å². The van der Waals surface area contributed by atoms with Crippen molar-refractivity contribution in [3.8, 4) is 0 Å². The van der Waals surface area contributed by atoms with Crippen molar-refractivity contribution < 1.29 is 39.6 Å². The summed E-state index contributed by atoms with van der Waals surface area (Å²) in [5, 5.41) is 35.4. The van der Waals surface area contributed by atoms with Gasteiger partial charge in [0.15, 0.2) is 0 Å². The lowest BCUT2D eigenvalue weighted by molar-refractivity contribution is -0.153. The molecule has 2 unspecified atom stereocenters. The smallest absolute Gasteiger partial charge is 0.309 e. The van der Waals surface area contributed by atoms with Gasteiger partial charge in [-0.05, 0) is 50.4 Å². The van der Waals surface area contributed by atoms with E-state index in [1.165, 1.54) is 0 Å². The van der Waals surface area contributed by atoms with E-state index in [0.29, 0.717) is 50.4 Å². The van der Waals surface area contributed by atoms with Crippen LogP contribution in [0, 0.1) is 17.3 Å². The second kappa shape index (κ2) is 22.1. The number of hydrogen-bond acceptors (Lipinski definition) is 4. The van der Waals surface area contributed by atoms with Crippen LogP contribution in [0.3, 0.4) is 0 Å². The Morgan fingerprint density at radius 2 is 0.944 bits per heavy atom. The maximum Gasteiger partial charge on any atom is 0.309 e. The van der Waals surface area contributed by atoms with Crippen LogP contribution in [0.1, 0.15) is 137 Å². The number of carboxylic acids is 4. The van der Waals surface area contributed by atoms with Crippen molar-refractivity contribution in [1.29, 1.82) is 0 Å². The average Bonchev–Trinajstić information content (AvgIpc) is 2.81. The molecule has 0 heterocycles. The van der Waals surface area contributed by atoms with E-state index in [1.807, 2.05) is 0 Å². The lowest BCUT2D eigenvalue weighted by atomic mass is 9.68. The zero-order valence-electron chi connectivity index (χ0n) is 23.1. The van der Waals surface area contributed by atoms with Gasteiger partial charge in [0.2, 0.25) is 0 Å². The van der Waals surface area contributed by atoms with Crippen molar-refractivity contribution in [2.75, 3.05) is 0 Å². The van der Waals surface area contributed by atoms with Crippen LogP contribution in [0.15, 0.2) is 0 Å². The van der Waals surface area contributed by atoms with Crippen LogP contribution in [-0.2, 0) is 19.2 Å². The number of carbonyl (C=O) groups is 4. The van der Waals surface area contributed by atoms with Crippen LogP contribution in [0.2, 0.25) is 0 Å². The molecule has 0 aromatic rings. The molecule has 0 radical (unpaired) electrons. The van der Waals surface area contributed by atoms with Crippen LogP contribution >= 0.6 is 0 Å². The lowest BCUT2D eigenvalue weighted by Crippen LogP contribution is -2.36. The zero-order valence-corrected chi connectivity index (χ0v) is 23.1. The van der Waals surface area contributed by atoms with Gasteiger partial charge in [0.25, 0.3) is 0 Å². The molecule has 0 fully saturated rings. The Kier molecular flexibility index (Phi) is 22.1. The number of rotatable bonds is 22. The molecule has 4 N–H and O–H groups in total. The van der Waals surface area contributed by atoms with Crippen molar-refractivity contribution in [2.24, 2.45) is 17.3 Å². The van der Waals surface area contributed by atoms with E-state index in [0.717, 1.165) is 51.4 Å². The fourth-order valence-corrected chi connectivity index (χ4v) is 4.69. The molecule has 0 aliphatic rings. The summed E-state index contributed by atoms with van der Waals surface area (Å²) in [5.41, 5.74) is -0.766. The minimum atomic E-state index is -0.870. The Morgan fingerprint density at radius 3 is 1.22 bits per heavy atom. The molecule has 36 heavy (non-hydrogen) atoms. The molecule has 0 saturated heterocycles. The molecule has 212 valence electrons. The van der Waals surface area contributed by atoms with Gasteiger partial charge < -0.3 is 20.4 Å². The molecule has 0 bridgehead atoms. The predicted octanol–water partition coefficient (Wildman–Crippen LogP) is 7.24. The average molecular weight is 517 g/mol. The molecule has 8 heteroatoms. The topological polar surface area (TPSA) is 149 Å². The normalized spacial score (nSPS) is 14.1. The summed E-state index contributed by atoms with van der Waals surface area (Å²) in [4.78, 5) is 43.1. The van der Waals surface area contributed by atoms with Gasteiger partial charge in [0.05, 0.1) is 5.41 Å². The minimum absolute atomic E-state index is 0.0620. The van der Waals surface area contributed by atoms with E-state index in [9.17, 15) is 24.3 Å². The van der Waals surface area contributed by atoms with Crippen molar-refractivity contribution in [1.82, 2.24) is 0 Å². The first-order valence-electron chi connectivity index (χ1n) is 13.9. The Labute approximate surface area is 217 Å². The zero-order chi connectivity index (χ0) is 28.0. The third-order valence-electron chi connectivity index (χ3n) is 6.98. The van der Waals surface area contributed by atoms with Crippen LogP contribution in [0.4, 0.5) is 0 Å². The van der Waals surface area contributed by atoms with E-state index in [1.54, 1.807) is 0 Å². The molecule has 0 rings (SSSR count). The largest absolute Gasteiger partial charge is 0.481 e. The second-order valence-corrected chi connectivity index (χ2v) is 10.1. The highest BCUT2D eigenvalue weighted by Gasteiger charge is 2.41. The molecule has 0 aliphatic carbocycles. The first kappa shape index (κ1) is 36.0. The molecule has 0 aliphatic heterocycles. The molecular formula is C28H52O8. The van der Waals surface area contributed by atoms with Crippen LogP contribution in [-0.4, -0.2) is 44.3 Å². The Balaban J connectivity index is 0. The predicted molar refractivity (Wildman–Crippen MR) is 141 cm³/mol. The number of hydrogen-bond donors (Lipinski definition) is 4. The molecule has 8 nitrogen and oxygen atoms in total. The fraction of sp³-hybridized carbons (Fsp3) is 0.857. The summed E-state index contributed by atoms with van der Waals surface area (Å²) in [6.07, 6.45) is 12.1. The number of unbranched alkanes of at least 4 members (excludes halogenated alkanes) is 3. The monoisotopic (exact) mass is 516 g/mol. The first-order chi connectivity index (χ1) is 17.0. The number of aliphatic carboxylic acids is 4. The number of carboxylic acid groups (broad SMARTS) is 4. The summed E-state index contributed by atoms with van der Waals surface area (Å²) in [6.45, 7) is 8.64. The molecule has 0 amide bonds. The van der Waals surface area contributed by atoms with Crippen molar-refractivity contribution >= 4 is 23.9 Å². The summed E-state index contributed by atoms with van der Waals surface area (Å²) < 4.78 is 0. The van der Waals surface area contributed by atoms with Crippen molar-refractivity contribution in [2.45, 2.75) is 137 Å². The maximum atomic E-state index is 12.4. The molecule has 0 spiro atoms. The Morgan fingerprint density at radius 1 is 0.583 bits per heavy atom. The van der Waals surface area contributed by atoms with Gasteiger partial charge in [0.1, 0.15) is 0 Å². The van der Waals surface area contributed by atoms with E-state index in [4.69, 9.17) is 15.3 Å². The highest BCUT2D eigenvalue weighted by molar-refractivity contribution is 5.75. The fourth-order valence-electron chi connectivity index (χ4n) is 4.69. The van der Waals surface area contributed by atoms with E-state index < -0.39 is 29.3 Å². The third-order valence-corrected chi connectivity index (χ3v) is 6.98. The second-order valence-electron chi connectivity index (χ2n) is 10.1. The van der Waals surface area contributed by atoms with Gasteiger partial charge in [-0.3, -0.25) is 19.2 Å². The molecule has 0 aromatic heterocycles. The summed E-state index contributed by atoms with van der Waals surface area (Å²) in [5.74, 6) is -2.46. The van der Waals surface area contributed by atoms with Gasteiger partial charge in [-0.1, -0.05) is 79.1 Å². The summed E-state index contributed by atoms with van der Waals surface area (Å²) in [6, 6.07) is 0. The molecule has 0 saturated carbocycles. The summed E-state index contributed by atoms with van der Waals surface area (Å²) >= 11 is 0. The van der Waals surface area contributed by atoms with Crippen molar-refractivity contribution in [3.05, 3.63) is 0 Å². The standard InChI is InChI=1S/C22H42O4.C6H10O4/c1-5-9-12-18(7-3)16-22(21(25)26,15-11-14-20(23)24)17-19(8-4)13-10-6-2;7-5(8)3-1-2-4-6(9)10/h18-19H,5-17H2,1-4H3,(H,23,24)(H,25,26);1-4H2,(H,7,8)(H,9,10). The van der Waals surface area contributed by atoms with E-state index >= 15 is 0 Å². The molecule has 0 aromatic carbocycles. The van der Waals surface area contributed by atoms with Gasteiger partial charge in [-0.25, -0.2) is 0 Å². The van der Waals surface area contributed by atoms with Gasteiger partial charge in [0, 0.05) is 19.3 Å². The molecular weight excluding hydrogens is 464 g/mol. The lowest BCUT2D eigenvalue weighted by Gasteiger charge is -2.36.